The van der Waals surface area contributed by atoms with Crippen LogP contribution in [0, 0.1) is 0 Å². The number of rotatable bonds is 8. The second kappa shape index (κ2) is 8.92. The van der Waals surface area contributed by atoms with Gasteiger partial charge in [-0.15, -0.1) is 0 Å². The Bertz CT molecular complexity index is 817. The van der Waals surface area contributed by atoms with Gasteiger partial charge in [0.25, 0.3) is 0 Å². The van der Waals surface area contributed by atoms with Crippen LogP contribution in [0.2, 0.25) is 5.02 Å². The standard InChI is InChI=1S/C20H24ClN5/c1-15(2)17-5-3-8-23-19(17)12-26(10-7-16-11-22-14-25-16)13-20-18(21)6-4-9-24-20/h3-6,8-9,11,14-15H,7,10,12-13H2,1-2H3,(H,22,25). The fraction of sp³-hybridized carbons (Fsp3) is 0.350. The maximum absolute atomic E-state index is 6.33. The molecule has 26 heavy (non-hydrogen) atoms. The van der Waals surface area contributed by atoms with Gasteiger partial charge in [0.1, 0.15) is 0 Å². The molecule has 0 fully saturated rings. The molecule has 3 aromatic heterocycles. The quantitative estimate of drug-likeness (QED) is 0.645. The third-order valence-electron chi connectivity index (χ3n) is 4.38. The summed E-state index contributed by atoms with van der Waals surface area (Å²) >= 11 is 6.33. The number of aromatic nitrogens is 4. The zero-order chi connectivity index (χ0) is 18.4. The maximum Gasteiger partial charge on any atom is 0.0921 e. The van der Waals surface area contributed by atoms with Gasteiger partial charge in [-0.25, -0.2) is 4.98 Å². The number of pyridine rings is 2. The smallest absolute Gasteiger partial charge is 0.0921 e. The Morgan fingerprint density at radius 2 is 1.81 bits per heavy atom. The maximum atomic E-state index is 6.33. The summed E-state index contributed by atoms with van der Waals surface area (Å²) in [6, 6.07) is 7.91. The highest BCUT2D eigenvalue weighted by atomic mass is 35.5. The lowest BCUT2D eigenvalue weighted by atomic mass is 10.0. The zero-order valence-corrected chi connectivity index (χ0v) is 15.9. The summed E-state index contributed by atoms with van der Waals surface area (Å²) in [5, 5.41) is 0.698. The van der Waals surface area contributed by atoms with E-state index in [0.717, 1.165) is 36.6 Å². The van der Waals surface area contributed by atoms with E-state index in [9.17, 15) is 0 Å². The summed E-state index contributed by atoms with van der Waals surface area (Å²) in [7, 11) is 0. The Morgan fingerprint density at radius 3 is 2.50 bits per heavy atom. The lowest BCUT2D eigenvalue weighted by molar-refractivity contribution is 0.252. The molecule has 6 heteroatoms. The van der Waals surface area contributed by atoms with E-state index < -0.39 is 0 Å². The van der Waals surface area contributed by atoms with Crippen molar-refractivity contribution in [2.24, 2.45) is 0 Å². The minimum Gasteiger partial charge on any atom is -0.348 e. The fourth-order valence-corrected chi connectivity index (χ4v) is 3.16. The van der Waals surface area contributed by atoms with Gasteiger partial charge in [0.15, 0.2) is 0 Å². The monoisotopic (exact) mass is 369 g/mol. The third kappa shape index (κ3) is 4.90. The van der Waals surface area contributed by atoms with E-state index in [0.29, 0.717) is 17.5 Å². The molecule has 0 saturated carbocycles. The predicted octanol–water partition coefficient (Wildman–Crippen LogP) is 4.22. The van der Waals surface area contributed by atoms with Crippen LogP contribution in [-0.4, -0.2) is 31.4 Å². The summed E-state index contributed by atoms with van der Waals surface area (Å²) in [6.07, 6.45) is 8.11. The van der Waals surface area contributed by atoms with Crippen LogP contribution in [0.15, 0.2) is 49.2 Å². The summed E-state index contributed by atoms with van der Waals surface area (Å²) in [4.78, 5) is 18.7. The van der Waals surface area contributed by atoms with Crippen LogP contribution in [0.3, 0.4) is 0 Å². The van der Waals surface area contributed by atoms with Crippen molar-refractivity contribution >= 4 is 11.6 Å². The van der Waals surface area contributed by atoms with Crippen molar-refractivity contribution in [3.63, 3.8) is 0 Å². The van der Waals surface area contributed by atoms with E-state index in [1.54, 1.807) is 12.5 Å². The Morgan fingerprint density at radius 1 is 1.08 bits per heavy atom. The van der Waals surface area contributed by atoms with Crippen LogP contribution in [0.4, 0.5) is 0 Å². The van der Waals surface area contributed by atoms with Crippen LogP contribution in [-0.2, 0) is 19.5 Å². The summed E-state index contributed by atoms with van der Waals surface area (Å²) in [6.45, 7) is 6.71. The lowest BCUT2D eigenvalue weighted by Gasteiger charge is -2.23. The molecule has 0 amide bonds. The number of imidazole rings is 1. The molecule has 0 unspecified atom stereocenters. The van der Waals surface area contributed by atoms with Crippen LogP contribution in [0.1, 0.15) is 42.4 Å². The van der Waals surface area contributed by atoms with Crippen molar-refractivity contribution < 1.29 is 0 Å². The van der Waals surface area contributed by atoms with Gasteiger partial charge >= 0.3 is 0 Å². The minimum absolute atomic E-state index is 0.437. The van der Waals surface area contributed by atoms with Gasteiger partial charge in [-0.2, -0.15) is 0 Å². The van der Waals surface area contributed by atoms with Crippen LogP contribution in [0.25, 0.3) is 0 Å². The average Bonchev–Trinajstić information content (AvgIpc) is 3.15. The van der Waals surface area contributed by atoms with Crippen LogP contribution in [0.5, 0.6) is 0 Å². The van der Waals surface area contributed by atoms with Gasteiger partial charge in [-0.3, -0.25) is 14.9 Å². The first-order valence-corrected chi connectivity index (χ1v) is 9.24. The lowest BCUT2D eigenvalue weighted by Crippen LogP contribution is -2.27. The molecule has 0 aromatic carbocycles. The van der Waals surface area contributed by atoms with Crippen molar-refractivity contribution in [2.75, 3.05) is 6.54 Å². The number of H-pyrrole nitrogens is 1. The van der Waals surface area contributed by atoms with Gasteiger partial charge in [0.05, 0.1) is 22.7 Å². The summed E-state index contributed by atoms with van der Waals surface area (Å²) < 4.78 is 0. The van der Waals surface area contributed by atoms with Gasteiger partial charge < -0.3 is 4.98 Å². The third-order valence-corrected chi connectivity index (χ3v) is 4.73. The molecular weight excluding hydrogens is 346 g/mol. The van der Waals surface area contributed by atoms with E-state index in [1.807, 2.05) is 30.6 Å². The molecule has 0 bridgehead atoms. The molecule has 3 rings (SSSR count). The Labute approximate surface area is 159 Å². The van der Waals surface area contributed by atoms with Gasteiger partial charge in [0.2, 0.25) is 0 Å². The number of aromatic amines is 1. The van der Waals surface area contributed by atoms with Crippen molar-refractivity contribution in [3.05, 3.63) is 76.9 Å². The van der Waals surface area contributed by atoms with E-state index in [-0.39, 0.29) is 0 Å². The predicted molar refractivity (Wildman–Crippen MR) is 104 cm³/mol. The zero-order valence-electron chi connectivity index (χ0n) is 15.2. The van der Waals surface area contributed by atoms with E-state index in [4.69, 9.17) is 11.6 Å². The molecule has 0 spiro atoms. The first-order valence-electron chi connectivity index (χ1n) is 8.86. The Hall–Kier alpha value is -2.24. The fourth-order valence-electron chi connectivity index (χ4n) is 2.98. The van der Waals surface area contributed by atoms with Crippen LogP contribution >= 0.6 is 11.6 Å². The van der Waals surface area contributed by atoms with Gasteiger partial charge in [0, 0.05) is 50.3 Å². The molecule has 0 radical (unpaired) electrons. The first kappa shape index (κ1) is 18.5. The number of hydrogen-bond acceptors (Lipinski definition) is 4. The highest BCUT2D eigenvalue weighted by Crippen LogP contribution is 2.21. The highest BCUT2D eigenvalue weighted by Gasteiger charge is 2.15. The average molecular weight is 370 g/mol. The Kier molecular flexibility index (Phi) is 6.36. The van der Waals surface area contributed by atoms with E-state index in [1.165, 1.54) is 5.56 Å². The molecule has 136 valence electrons. The highest BCUT2D eigenvalue weighted by molar-refractivity contribution is 6.31. The molecular formula is C20H24ClN5. The molecule has 3 heterocycles. The molecule has 0 aliphatic carbocycles. The summed E-state index contributed by atoms with van der Waals surface area (Å²) in [5.41, 5.74) is 4.40. The van der Waals surface area contributed by atoms with Crippen LogP contribution < -0.4 is 0 Å². The number of nitrogens with zero attached hydrogens (tertiary/aromatic N) is 4. The Balaban J connectivity index is 1.79. The van der Waals surface area contributed by atoms with Crippen molar-refractivity contribution in [1.29, 1.82) is 0 Å². The second-order valence-electron chi connectivity index (χ2n) is 6.66. The van der Waals surface area contributed by atoms with Crippen molar-refractivity contribution in [1.82, 2.24) is 24.8 Å². The molecule has 5 nitrogen and oxygen atoms in total. The SMILES string of the molecule is CC(C)c1cccnc1CN(CCc1cnc[nH]1)Cc1ncccc1Cl. The van der Waals surface area contributed by atoms with E-state index >= 15 is 0 Å². The molecule has 0 aliphatic heterocycles. The number of nitrogens with one attached hydrogen (secondary N) is 1. The summed E-state index contributed by atoms with van der Waals surface area (Å²) in [5.74, 6) is 0.437. The number of hydrogen-bond donors (Lipinski definition) is 1. The van der Waals surface area contributed by atoms with Gasteiger partial charge in [-0.05, 0) is 29.7 Å². The van der Waals surface area contributed by atoms with Gasteiger partial charge in [-0.1, -0.05) is 31.5 Å². The first-order chi connectivity index (χ1) is 12.6. The second-order valence-corrected chi connectivity index (χ2v) is 7.07. The van der Waals surface area contributed by atoms with Crippen molar-refractivity contribution in [2.45, 2.75) is 39.3 Å². The molecule has 0 saturated heterocycles. The molecule has 0 atom stereocenters. The van der Waals surface area contributed by atoms with E-state index in [2.05, 4.69) is 44.7 Å². The molecule has 1 N–H and O–H groups in total. The minimum atomic E-state index is 0.437. The molecule has 0 aliphatic rings. The normalized spacial score (nSPS) is 11.4. The molecule has 3 aromatic rings. The largest absolute Gasteiger partial charge is 0.348 e. The topological polar surface area (TPSA) is 57.7 Å². The van der Waals surface area contributed by atoms with Crippen molar-refractivity contribution in [3.8, 4) is 0 Å². The number of halogens is 1.